The molecule has 7 nitrogen and oxygen atoms in total. The highest BCUT2D eigenvalue weighted by Crippen LogP contribution is 2.45. The molecule has 4 aromatic rings. The van der Waals surface area contributed by atoms with Gasteiger partial charge >= 0.3 is 5.91 Å². The number of aliphatic hydroxyl groups excluding tert-OH is 1. The fourth-order valence-electron chi connectivity index (χ4n) is 5.17. The lowest BCUT2D eigenvalue weighted by atomic mass is 9.94. The number of nitrogens with zero attached hydrogens (tertiary/aromatic N) is 2. The van der Waals surface area contributed by atoms with Gasteiger partial charge in [-0.2, -0.15) is 0 Å². The number of fused-ring (bicyclic) bond motifs is 2. The Morgan fingerprint density at radius 2 is 2.02 bits per heavy atom. The van der Waals surface area contributed by atoms with Crippen LogP contribution in [0, 0.1) is 0 Å². The van der Waals surface area contributed by atoms with Crippen molar-refractivity contribution in [3.63, 3.8) is 0 Å². The molecule has 1 aromatic heterocycles. The van der Waals surface area contributed by atoms with Gasteiger partial charge < -0.3 is 14.6 Å². The van der Waals surface area contributed by atoms with Crippen LogP contribution in [-0.2, 0) is 16.0 Å². The zero-order valence-electron chi connectivity index (χ0n) is 22.0. The van der Waals surface area contributed by atoms with Crippen LogP contribution in [-0.4, -0.2) is 34.5 Å². The molecule has 1 fully saturated rings. The third kappa shape index (κ3) is 4.71. The molecule has 2 aliphatic heterocycles. The Balaban J connectivity index is 1.50. The Hall–Kier alpha value is -3.88. The first kappa shape index (κ1) is 26.3. The zero-order chi connectivity index (χ0) is 28.0. The van der Waals surface area contributed by atoms with E-state index in [0.717, 1.165) is 28.9 Å². The van der Waals surface area contributed by atoms with Crippen molar-refractivity contribution < 1.29 is 24.2 Å². The number of carbonyl (C=O) groups is 2. The van der Waals surface area contributed by atoms with Crippen LogP contribution in [0.25, 0.3) is 16.0 Å². The van der Waals surface area contributed by atoms with E-state index >= 15 is 0 Å². The first-order valence-electron chi connectivity index (χ1n) is 13.2. The van der Waals surface area contributed by atoms with Crippen molar-refractivity contribution in [3.8, 4) is 11.5 Å². The maximum Gasteiger partial charge on any atom is 0.301 e. The number of benzene rings is 3. The number of hydrogen-bond donors (Lipinski definition) is 1. The second-order valence-corrected chi connectivity index (χ2v) is 11.5. The molecule has 3 aromatic carbocycles. The van der Waals surface area contributed by atoms with Crippen LogP contribution in [0.4, 0.5) is 5.13 Å². The Morgan fingerprint density at radius 3 is 2.85 bits per heavy atom. The number of halogens is 1. The van der Waals surface area contributed by atoms with Gasteiger partial charge in [-0.25, -0.2) is 4.98 Å². The summed E-state index contributed by atoms with van der Waals surface area (Å²) in [6.07, 6.45) is 2.62. The van der Waals surface area contributed by atoms with Crippen molar-refractivity contribution in [2.45, 2.75) is 45.3 Å². The molecular formula is C31H27ClN2O5S. The summed E-state index contributed by atoms with van der Waals surface area (Å²) in [7, 11) is 0. The third-order valence-electron chi connectivity index (χ3n) is 7.10. The lowest BCUT2D eigenvalue weighted by molar-refractivity contribution is -0.132. The maximum atomic E-state index is 13.6. The molecular weight excluding hydrogens is 548 g/mol. The zero-order valence-corrected chi connectivity index (χ0v) is 23.6. The summed E-state index contributed by atoms with van der Waals surface area (Å²) in [6.45, 7) is 4.62. The number of aromatic nitrogens is 1. The number of Topliss-reactive ketones (excluding diaryl/α,β-unsaturated/α-hetero) is 1. The standard InChI is InChI=1S/C31H27ClN2O5S/c1-3-4-12-38-22-7-5-6-18(15-22)27-26(28(35)19-8-11-24-20(14-19)13-17(2)39-24)29(36)30(37)34(27)31-33-23-10-9-21(32)16-25(23)40-31/h5-11,14-17,27,35H,3-4,12-13H2,1-2H3/t17-,27-/m1/s1. The molecule has 2 atom stereocenters. The molecule has 0 bridgehead atoms. The number of rotatable bonds is 7. The van der Waals surface area contributed by atoms with Crippen LogP contribution in [0.2, 0.25) is 5.02 Å². The van der Waals surface area contributed by atoms with Gasteiger partial charge in [-0.3, -0.25) is 14.5 Å². The highest BCUT2D eigenvalue weighted by atomic mass is 35.5. The maximum absolute atomic E-state index is 13.6. The fourth-order valence-corrected chi connectivity index (χ4v) is 6.44. The van der Waals surface area contributed by atoms with Crippen molar-refractivity contribution in [2.24, 2.45) is 0 Å². The lowest BCUT2D eigenvalue weighted by Crippen LogP contribution is -2.29. The van der Waals surface area contributed by atoms with Crippen LogP contribution in [0.1, 0.15) is 49.4 Å². The third-order valence-corrected chi connectivity index (χ3v) is 8.35. The van der Waals surface area contributed by atoms with E-state index in [2.05, 4.69) is 11.9 Å². The predicted molar refractivity (Wildman–Crippen MR) is 156 cm³/mol. The average Bonchev–Trinajstić information content (AvgIpc) is 3.60. The van der Waals surface area contributed by atoms with E-state index in [0.29, 0.717) is 45.6 Å². The molecule has 0 aliphatic carbocycles. The Kier molecular flexibility index (Phi) is 6.98. The van der Waals surface area contributed by atoms with Crippen LogP contribution < -0.4 is 14.4 Å². The number of carbonyl (C=O) groups excluding carboxylic acids is 2. The highest BCUT2D eigenvalue weighted by molar-refractivity contribution is 7.22. The molecule has 2 aliphatic rings. The van der Waals surface area contributed by atoms with Crippen LogP contribution in [0.15, 0.2) is 66.2 Å². The van der Waals surface area contributed by atoms with E-state index in [1.54, 1.807) is 30.3 Å². The number of ketones is 1. The summed E-state index contributed by atoms with van der Waals surface area (Å²) in [5.74, 6) is -0.397. The molecule has 204 valence electrons. The van der Waals surface area contributed by atoms with E-state index < -0.39 is 17.7 Å². The minimum Gasteiger partial charge on any atom is -0.507 e. The number of amides is 1. The molecule has 40 heavy (non-hydrogen) atoms. The van der Waals surface area contributed by atoms with Gasteiger partial charge in [0, 0.05) is 17.0 Å². The fraction of sp³-hybridized carbons (Fsp3) is 0.258. The average molecular weight is 575 g/mol. The number of unbranched alkanes of at least 4 members (excludes halogenated alkanes) is 1. The summed E-state index contributed by atoms with van der Waals surface area (Å²) >= 11 is 7.46. The number of thiazole rings is 1. The number of anilines is 1. The second-order valence-electron chi connectivity index (χ2n) is 10.0. The van der Waals surface area contributed by atoms with E-state index in [1.807, 2.05) is 37.3 Å². The van der Waals surface area contributed by atoms with Crippen molar-refractivity contribution in [1.82, 2.24) is 4.98 Å². The molecule has 6 rings (SSSR count). The normalized spacial score (nSPS) is 19.7. The molecule has 0 unspecified atom stereocenters. The Bertz CT molecular complexity index is 1680. The minimum absolute atomic E-state index is 0.0000829. The quantitative estimate of drug-likeness (QED) is 0.110. The van der Waals surface area contributed by atoms with Gasteiger partial charge in [0.15, 0.2) is 5.13 Å². The molecule has 0 radical (unpaired) electrons. The molecule has 0 saturated carbocycles. The lowest BCUT2D eigenvalue weighted by Gasteiger charge is -2.23. The van der Waals surface area contributed by atoms with Crippen molar-refractivity contribution in [2.75, 3.05) is 11.5 Å². The number of ether oxygens (including phenoxy) is 2. The largest absolute Gasteiger partial charge is 0.507 e. The molecule has 3 heterocycles. The van der Waals surface area contributed by atoms with E-state index in [4.69, 9.17) is 21.1 Å². The monoisotopic (exact) mass is 574 g/mol. The Labute approximate surface area is 240 Å². The second kappa shape index (κ2) is 10.6. The number of hydrogen-bond acceptors (Lipinski definition) is 7. The summed E-state index contributed by atoms with van der Waals surface area (Å²) in [4.78, 5) is 33.3. The van der Waals surface area contributed by atoms with Crippen molar-refractivity contribution in [3.05, 3.63) is 87.9 Å². The van der Waals surface area contributed by atoms with E-state index in [1.165, 1.54) is 16.2 Å². The van der Waals surface area contributed by atoms with Crippen molar-refractivity contribution in [1.29, 1.82) is 0 Å². The van der Waals surface area contributed by atoms with Gasteiger partial charge in [0.1, 0.15) is 23.4 Å². The van der Waals surface area contributed by atoms with E-state index in [-0.39, 0.29) is 17.4 Å². The first-order valence-corrected chi connectivity index (χ1v) is 14.4. The molecule has 1 saturated heterocycles. The van der Waals surface area contributed by atoms with Gasteiger partial charge in [0.05, 0.1) is 28.4 Å². The number of aliphatic hydroxyl groups is 1. The summed E-state index contributed by atoms with van der Waals surface area (Å²) in [6, 6.07) is 17.0. The summed E-state index contributed by atoms with van der Waals surface area (Å²) in [5.41, 5.74) is 2.68. The van der Waals surface area contributed by atoms with Gasteiger partial charge in [0.2, 0.25) is 0 Å². The Morgan fingerprint density at radius 1 is 1.18 bits per heavy atom. The van der Waals surface area contributed by atoms with Crippen LogP contribution >= 0.6 is 22.9 Å². The van der Waals surface area contributed by atoms with E-state index in [9.17, 15) is 14.7 Å². The molecule has 1 N–H and O–H groups in total. The van der Waals surface area contributed by atoms with Crippen molar-refractivity contribution >= 4 is 55.7 Å². The molecule has 9 heteroatoms. The highest BCUT2D eigenvalue weighted by Gasteiger charge is 2.48. The molecule has 0 spiro atoms. The minimum atomic E-state index is -0.908. The van der Waals surface area contributed by atoms with Gasteiger partial charge in [-0.15, -0.1) is 0 Å². The first-order chi connectivity index (χ1) is 19.3. The summed E-state index contributed by atoms with van der Waals surface area (Å²) in [5, 5.41) is 12.5. The van der Waals surface area contributed by atoms with Gasteiger partial charge in [-0.05, 0) is 73.0 Å². The molecule has 1 amide bonds. The van der Waals surface area contributed by atoms with Crippen LogP contribution in [0.5, 0.6) is 11.5 Å². The predicted octanol–water partition coefficient (Wildman–Crippen LogP) is 7.08. The topological polar surface area (TPSA) is 89.0 Å². The van der Waals surface area contributed by atoms with Crippen LogP contribution in [0.3, 0.4) is 0 Å². The summed E-state index contributed by atoms with van der Waals surface area (Å²) < 4.78 is 12.5. The van der Waals surface area contributed by atoms with Gasteiger partial charge in [-0.1, -0.05) is 48.4 Å². The SMILES string of the molecule is CCCCOc1cccc([C@@H]2C(=C(O)c3ccc4c(c3)C[C@@H](C)O4)C(=O)C(=O)N2c2nc3ccc(Cl)cc3s2)c1. The smallest absolute Gasteiger partial charge is 0.301 e. The van der Waals surface area contributed by atoms with Gasteiger partial charge in [0.25, 0.3) is 5.78 Å².